The first-order chi connectivity index (χ1) is 20.5. The van der Waals surface area contributed by atoms with E-state index in [-0.39, 0.29) is 42.3 Å². The van der Waals surface area contributed by atoms with Gasteiger partial charge in [0, 0.05) is 37.2 Å². The second-order valence-electron chi connectivity index (χ2n) is 11.1. The average Bonchev–Trinajstić information content (AvgIpc) is 3.29. The van der Waals surface area contributed by atoms with Gasteiger partial charge in [-0.25, -0.2) is 22.9 Å². The highest BCUT2D eigenvalue weighted by Gasteiger charge is 2.41. The van der Waals surface area contributed by atoms with Crippen molar-refractivity contribution < 1.29 is 45.5 Å². The summed E-state index contributed by atoms with van der Waals surface area (Å²) in [6, 6.07) is 7.52. The van der Waals surface area contributed by atoms with E-state index in [4.69, 9.17) is 4.74 Å². The Hall–Kier alpha value is -4.56. The Morgan fingerprint density at radius 1 is 0.977 bits per heavy atom. The standard InChI is InChI=1S/C29H29F6N5O4/c1-28(2,3)44-27(43)36-18(11-17-12-20(31)21(32)14-19(17)30)13-23(41)39-9-10-40-22(15-39)24(38-26(40)29(33,34)35)37-25(42)16-7-5-4-6-8-16/h4-8,12,14,18H,9-11,13,15H2,1-3H3,(H,36,43)(H,37,42). The number of nitrogens with one attached hydrogen (secondary N) is 2. The van der Waals surface area contributed by atoms with Crippen LogP contribution in [0.3, 0.4) is 0 Å². The van der Waals surface area contributed by atoms with E-state index in [0.717, 1.165) is 4.57 Å². The van der Waals surface area contributed by atoms with Crippen LogP contribution in [0.5, 0.6) is 0 Å². The molecule has 3 amide bonds. The molecule has 0 saturated heterocycles. The predicted molar refractivity (Wildman–Crippen MR) is 145 cm³/mol. The lowest BCUT2D eigenvalue weighted by Crippen LogP contribution is -2.45. The number of amides is 3. The van der Waals surface area contributed by atoms with Crippen molar-refractivity contribution in [3.8, 4) is 0 Å². The second kappa shape index (κ2) is 12.6. The molecule has 0 spiro atoms. The highest BCUT2D eigenvalue weighted by molar-refractivity contribution is 6.04. The number of halogens is 6. The van der Waals surface area contributed by atoms with E-state index in [1.807, 2.05) is 0 Å². The molecule has 0 aliphatic carbocycles. The van der Waals surface area contributed by atoms with E-state index in [1.165, 1.54) is 17.0 Å². The summed E-state index contributed by atoms with van der Waals surface area (Å²) in [5.74, 6) is -6.85. The quantitative estimate of drug-likeness (QED) is 0.269. The van der Waals surface area contributed by atoms with Crippen LogP contribution in [0.15, 0.2) is 42.5 Å². The minimum Gasteiger partial charge on any atom is -0.444 e. The molecule has 1 aliphatic rings. The topological polar surface area (TPSA) is 106 Å². The maximum atomic E-state index is 14.4. The highest BCUT2D eigenvalue weighted by Crippen LogP contribution is 2.34. The number of aromatic nitrogens is 2. The number of ether oxygens (including phenoxy) is 1. The van der Waals surface area contributed by atoms with Crippen LogP contribution < -0.4 is 10.6 Å². The lowest BCUT2D eigenvalue weighted by atomic mass is 10.0. The molecule has 9 nitrogen and oxygen atoms in total. The molecule has 0 saturated carbocycles. The number of nitrogens with zero attached hydrogens (tertiary/aromatic N) is 3. The van der Waals surface area contributed by atoms with E-state index in [9.17, 15) is 40.7 Å². The van der Waals surface area contributed by atoms with Gasteiger partial charge in [-0.15, -0.1) is 0 Å². The molecule has 2 aromatic carbocycles. The summed E-state index contributed by atoms with van der Waals surface area (Å²) in [4.78, 5) is 43.4. The first-order valence-electron chi connectivity index (χ1n) is 13.5. The molecule has 44 heavy (non-hydrogen) atoms. The number of carbonyl (C=O) groups excluding carboxylic acids is 3. The largest absolute Gasteiger partial charge is 0.449 e. The maximum absolute atomic E-state index is 14.4. The normalized spacial score (nSPS) is 14.1. The van der Waals surface area contributed by atoms with Crippen molar-refractivity contribution in [1.29, 1.82) is 0 Å². The molecule has 236 valence electrons. The van der Waals surface area contributed by atoms with Crippen LogP contribution >= 0.6 is 0 Å². The molecular weight excluding hydrogens is 596 g/mol. The van der Waals surface area contributed by atoms with Crippen LogP contribution in [0.25, 0.3) is 0 Å². The highest BCUT2D eigenvalue weighted by atomic mass is 19.4. The van der Waals surface area contributed by atoms with E-state index in [1.54, 1.807) is 39.0 Å². The number of alkyl carbamates (subject to hydrolysis) is 1. The lowest BCUT2D eigenvalue weighted by molar-refractivity contribution is -0.148. The van der Waals surface area contributed by atoms with Crippen LogP contribution in [-0.4, -0.2) is 50.5 Å². The zero-order valence-corrected chi connectivity index (χ0v) is 23.9. The molecule has 0 fully saturated rings. The Bertz CT molecular complexity index is 1550. The fourth-order valence-electron chi connectivity index (χ4n) is 4.64. The summed E-state index contributed by atoms with van der Waals surface area (Å²) in [6.07, 6.45) is -6.75. The van der Waals surface area contributed by atoms with Gasteiger partial charge in [0.05, 0.1) is 12.2 Å². The van der Waals surface area contributed by atoms with Crippen molar-refractivity contribution >= 4 is 23.7 Å². The summed E-state index contributed by atoms with van der Waals surface area (Å²) in [5, 5.41) is 4.82. The zero-order valence-electron chi connectivity index (χ0n) is 23.9. The van der Waals surface area contributed by atoms with Crippen LogP contribution in [-0.2, 0) is 35.2 Å². The van der Waals surface area contributed by atoms with E-state index < -0.39 is 71.8 Å². The predicted octanol–water partition coefficient (Wildman–Crippen LogP) is 5.44. The number of imidazole rings is 1. The summed E-state index contributed by atoms with van der Waals surface area (Å²) >= 11 is 0. The molecule has 4 rings (SSSR count). The van der Waals surface area contributed by atoms with Crippen LogP contribution in [0.1, 0.15) is 54.6 Å². The lowest BCUT2D eigenvalue weighted by Gasteiger charge is -2.31. The van der Waals surface area contributed by atoms with Crippen molar-refractivity contribution in [2.45, 2.75) is 64.5 Å². The fourth-order valence-corrected chi connectivity index (χ4v) is 4.64. The third-order valence-electron chi connectivity index (χ3n) is 6.58. The van der Waals surface area contributed by atoms with Crippen molar-refractivity contribution in [3.05, 3.63) is 82.6 Å². The molecule has 0 radical (unpaired) electrons. The SMILES string of the molecule is CC(C)(C)OC(=O)NC(CC(=O)N1CCn2c(C(F)(F)F)nc(NC(=O)c3ccccc3)c2C1)Cc1cc(F)c(F)cc1F. The number of alkyl halides is 3. The monoisotopic (exact) mass is 625 g/mol. The molecule has 3 aromatic rings. The number of hydrogen-bond acceptors (Lipinski definition) is 5. The third kappa shape index (κ3) is 7.88. The Morgan fingerprint density at radius 3 is 2.27 bits per heavy atom. The van der Waals surface area contributed by atoms with Crippen molar-refractivity contribution in [1.82, 2.24) is 19.8 Å². The molecule has 1 atom stereocenters. The van der Waals surface area contributed by atoms with Gasteiger partial charge in [-0.05, 0) is 51.0 Å². The number of hydrogen-bond donors (Lipinski definition) is 2. The first-order valence-corrected chi connectivity index (χ1v) is 13.5. The van der Waals surface area contributed by atoms with Crippen molar-refractivity contribution in [2.24, 2.45) is 0 Å². The van der Waals surface area contributed by atoms with Gasteiger partial charge in [0.2, 0.25) is 11.7 Å². The van der Waals surface area contributed by atoms with Crippen LogP contribution in [0.2, 0.25) is 0 Å². The number of rotatable bonds is 7. The van der Waals surface area contributed by atoms with Gasteiger partial charge in [-0.3, -0.25) is 9.59 Å². The molecule has 1 aromatic heterocycles. The second-order valence-corrected chi connectivity index (χ2v) is 11.1. The molecule has 2 N–H and O–H groups in total. The molecule has 15 heteroatoms. The Morgan fingerprint density at radius 2 is 1.64 bits per heavy atom. The minimum atomic E-state index is -4.85. The van der Waals surface area contributed by atoms with Gasteiger partial charge in [0.15, 0.2) is 17.5 Å². The van der Waals surface area contributed by atoms with Crippen molar-refractivity contribution in [3.63, 3.8) is 0 Å². The molecule has 0 bridgehead atoms. The number of carbonyl (C=O) groups is 3. The van der Waals surface area contributed by atoms with Crippen LogP contribution in [0.4, 0.5) is 37.0 Å². The number of fused-ring (bicyclic) bond motifs is 1. The average molecular weight is 626 g/mol. The van der Waals surface area contributed by atoms with Gasteiger partial charge in [-0.2, -0.15) is 13.2 Å². The van der Waals surface area contributed by atoms with E-state index in [2.05, 4.69) is 15.6 Å². The van der Waals surface area contributed by atoms with Crippen molar-refractivity contribution in [2.75, 3.05) is 11.9 Å². The first kappa shape index (κ1) is 32.4. The van der Waals surface area contributed by atoms with Crippen LogP contribution in [0, 0.1) is 17.5 Å². The Balaban J connectivity index is 1.58. The van der Waals surface area contributed by atoms with E-state index in [0.29, 0.717) is 12.1 Å². The van der Waals surface area contributed by atoms with Gasteiger partial charge < -0.3 is 24.8 Å². The molecule has 1 aliphatic heterocycles. The summed E-state index contributed by atoms with van der Waals surface area (Å²) < 4.78 is 89.3. The summed E-state index contributed by atoms with van der Waals surface area (Å²) in [7, 11) is 0. The Kier molecular flexibility index (Phi) is 9.25. The fraction of sp³-hybridized carbons (Fsp3) is 0.379. The summed E-state index contributed by atoms with van der Waals surface area (Å²) in [6.45, 7) is 3.87. The van der Waals surface area contributed by atoms with Gasteiger partial charge in [-0.1, -0.05) is 18.2 Å². The molecular formula is C29H29F6N5O4. The zero-order chi connectivity index (χ0) is 32.4. The molecule has 2 heterocycles. The third-order valence-corrected chi connectivity index (χ3v) is 6.58. The molecule has 1 unspecified atom stereocenters. The minimum absolute atomic E-state index is 0.0792. The van der Waals surface area contributed by atoms with Gasteiger partial charge in [0.1, 0.15) is 11.4 Å². The number of anilines is 1. The smallest absolute Gasteiger partial charge is 0.444 e. The summed E-state index contributed by atoms with van der Waals surface area (Å²) in [5.41, 5.74) is -1.17. The Labute approximate surface area is 248 Å². The maximum Gasteiger partial charge on any atom is 0.449 e. The van der Waals surface area contributed by atoms with E-state index >= 15 is 0 Å². The van der Waals surface area contributed by atoms with Gasteiger partial charge >= 0.3 is 12.3 Å². The van der Waals surface area contributed by atoms with Gasteiger partial charge in [0.25, 0.3) is 5.91 Å². The number of benzene rings is 2.